The molecule has 72 heavy (non-hydrogen) atoms. The molecule has 0 aromatic rings. The molecule has 6 nitrogen and oxygen atoms in total. The molecule has 428 valence electrons. The molecule has 6 heteroatoms. The maximum absolute atomic E-state index is 12.9. The molecule has 0 bridgehead atoms. The van der Waals surface area contributed by atoms with Gasteiger partial charge in [0, 0.05) is 19.3 Å². The van der Waals surface area contributed by atoms with E-state index >= 15 is 0 Å². The van der Waals surface area contributed by atoms with Gasteiger partial charge in [0.25, 0.3) is 0 Å². The highest BCUT2D eigenvalue weighted by Gasteiger charge is 2.19. The van der Waals surface area contributed by atoms with E-state index in [4.69, 9.17) is 14.2 Å². The summed E-state index contributed by atoms with van der Waals surface area (Å²) >= 11 is 0. The van der Waals surface area contributed by atoms with Crippen LogP contribution in [0, 0.1) is 11.8 Å². The first-order chi connectivity index (χ1) is 35.3. The average molecular weight is 1020 g/mol. The van der Waals surface area contributed by atoms with E-state index in [0.29, 0.717) is 19.3 Å². The van der Waals surface area contributed by atoms with Crippen molar-refractivity contribution in [2.45, 2.75) is 381 Å². The lowest BCUT2D eigenvalue weighted by atomic mass is 9.99. The van der Waals surface area contributed by atoms with E-state index in [-0.39, 0.29) is 31.1 Å². The Morgan fingerprint density at radius 1 is 0.292 bits per heavy atom. The number of rotatable bonds is 60. The van der Waals surface area contributed by atoms with Crippen molar-refractivity contribution in [2.24, 2.45) is 11.8 Å². The van der Waals surface area contributed by atoms with Crippen molar-refractivity contribution >= 4 is 17.9 Å². The highest BCUT2D eigenvalue weighted by Crippen LogP contribution is 2.19. The number of carbonyl (C=O) groups excluding carboxylic acids is 3. The predicted molar refractivity (Wildman–Crippen MR) is 312 cm³/mol. The van der Waals surface area contributed by atoms with Crippen molar-refractivity contribution < 1.29 is 28.6 Å². The summed E-state index contributed by atoms with van der Waals surface area (Å²) in [5, 5.41) is 0. The fourth-order valence-electron chi connectivity index (χ4n) is 10.3. The highest BCUT2D eigenvalue weighted by molar-refractivity contribution is 5.71. The summed E-state index contributed by atoms with van der Waals surface area (Å²) in [5.41, 5.74) is 0. The van der Waals surface area contributed by atoms with Gasteiger partial charge in [-0.05, 0) is 31.1 Å². The lowest BCUT2D eigenvalue weighted by Gasteiger charge is -2.18. The number of hydrogen-bond acceptors (Lipinski definition) is 6. The Bertz CT molecular complexity index is 1110. The van der Waals surface area contributed by atoms with Gasteiger partial charge in [-0.1, -0.05) is 336 Å². The molecule has 0 aliphatic rings. The van der Waals surface area contributed by atoms with Gasteiger partial charge < -0.3 is 14.2 Å². The number of esters is 3. The number of hydrogen-bond donors (Lipinski definition) is 0. The Balaban J connectivity index is 4.25. The molecular formula is C66H128O6. The average Bonchev–Trinajstić information content (AvgIpc) is 3.37. The summed E-state index contributed by atoms with van der Waals surface area (Å²) in [6, 6.07) is 0. The van der Waals surface area contributed by atoms with Gasteiger partial charge in [-0.15, -0.1) is 0 Å². The first-order valence-corrected chi connectivity index (χ1v) is 32.8. The lowest BCUT2D eigenvalue weighted by Crippen LogP contribution is -2.30. The van der Waals surface area contributed by atoms with Crippen LogP contribution in [0.25, 0.3) is 0 Å². The minimum absolute atomic E-state index is 0.0618. The van der Waals surface area contributed by atoms with Crippen molar-refractivity contribution in [2.75, 3.05) is 13.2 Å². The van der Waals surface area contributed by atoms with Crippen molar-refractivity contribution in [3.05, 3.63) is 0 Å². The third-order valence-corrected chi connectivity index (χ3v) is 15.6. The van der Waals surface area contributed by atoms with Gasteiger partial charge in [0.05, 0.1) is 0 Å². The molecule has 0 amide bonds. The van der Waals surface area contributed by atoms with E-state index in [1.165, 1.54) is 263 Å². The molecule has 0 aromatic heterocycles. The maximum Gasteiger partial charge on any atom is 0.306 e. The van der Waals surface area contributed by atoms with Crippen LogP contribution in [0.1, 0.15) is 375 Å². The van der Waals surface area contributed by atoms with Gasteiger partial charge in [-0.25, -0.2) is 0 Å². The largest absolute Gasteiger partial charge is 0.462 e. The summed E-state index contributed by atoms with van der Waals surface area (Å²) < 4.78 is 17.0. The standard InChI is InChI=1S/C66H128O6/c1-6-8-9-10-11-12-13-14-15-16-20-24-27-32-38-43-48-53-58-66(69)72-63(60-71-65(68)57-52-47-42-37-33-28-29-34-39-44-49-54-61(3)4)59-70-64(67)56-51-46-41-36-31-26-23-21-18-17-19-22-25-30-35-40-45-50-55-62(5)7-2/h61-63H,6-60H2,1-5H3/t62?,63-/m1/s1. The third kappa shape index (κ3) is 57.7. The van der Waals surface area contributed by atoms with Crippen molar-refractivity contribution in [3.63, 3.8) is 0 Å². The summed E-state index contributed by atoms with van der Waals surface area (Å²) in [7, 11) is 0. The molecule has 0 fully saturated rings. The summed E-state index contributed by atoms with van der Waals surface area (Å²) in [5.74, 6) is 0.906. The first-order valence-electron chi connectivity index (χ1n) is 32.8. The van der Waals surface area contributed by atoms with Crippen LogP contribution >= 0.6 is 0 Å². The Kier molecular flexibility index (Phi) is 57.4. The van der Waals surface area contributed by atoms with Gasteiger partial charge in [0.15, 0.2) is 6.10 Å². The fourth-order valence-corrected chi connectivity index (χ4v) is 10.3. The second kappa shape index (κ2) is 58.7. The maximum atomic E-state index is 12.9. The summed E-state index contributed by atoms with van der Waals surface area (Å²) in [6.45, 7) is 11.5. The van der Waals surface area contributed by atoms with Crippen LogP contribution in [0.3, 0.4) is 0 Å². The molecule has 0 radical (unpaired) electrons. The van der Waals surface area contributed by atoms with E-state index in [0.717, 1.165) is 69.6 Å². The summed E-state index contributed by atoms with van der Waals surface area (Å²) in [6.07, 6.45) is 65.3. The first kappa shape index (κ1) is 70.4. The molecule has 0 aliphatic heterocycles. The van der Waals surface area contributed by atoms with E-state index in [1.54, 1.807) is 0 Å². The molecule has 2 atom stereocenters. The Labute approximate surface area is 450 Å². The molecule has 0 saturated heterocycles. The van der Waals surface area contributed by atoms with Crippen molar-refractivity contribution in [1.29, 1.82) is 0 Å². The SMILES string of the molecule is CCCCCCCCCCCCCCCCCCCCC(=O)O[C@H](COC(=O)CCCCCCCCCCCCCCCCCCCCC(C)CC)COC(=O)CCCCCCCCCCCCCC(C)C. The smallest absolute Gasteiger partial charge is 0.306 e. The van der Waals surface area contributed by atoms with Crippen LogP contribution in [0.5, 0.6) is 0 Å². The number of unbranched alkanes of at least 4 members (excludes halogenated alkanes) is 44. The minimum Gasteiger partial charge on any atom is -0.462 e. The Hall–Kier alpha value is -1.59. The molecule has 0 aromatic carbocycles. The molecule has 0 N–H and O–H groups in total. The van der Waals surface area contributed by atoms with Crippen LogP contribution in [-0.2, 0) is 28.6 Å². The zero-order chi connectivity index (χ0) is 52.5. The van der Waals surface area contributed by atoms with E-state index in [1.807, 2.05) is 0 Å². The van der Waals surface area contributed by atoms with Gasteiger partial charge in [-0.3, -0.25) is 14.4 Å². The van der Waals surface area contributed by atoms with Crippen molar-refractivity contribution in [1.82, 2.24) is 0 Å². The van der Waals surface area contributed by atoms with Crippen LogP contribution in [0.15, 0.2) is 0 Å². The molecule has 0 spiro atoms. The van der Waals surface area contributed by atoms with E-state index < -0.39 is 6.10 Å². The molecule has 1 unspecified atom stereocenters. The van der Waals surface area contributed by atoms with Crippen LogP contribution < -0.4 is 0 Å². The van der Waals surface area contributed by atoms with E-state index in [2.05, 4.69) is 34.6 Å². The molecule has 0 rings (SSSR count). The Morgan fingerprint density at radius 3 is 0.792 bits per heavy atom. The molecule has 0 aliphatic carbocycles. The second-order valence-corrected chi connectivity index (χ2v) is 23.5. The van der Waals surface area contributed by atoms with Crippen LogP contribution in [-0.4, -0.2) is 37.2 Å². The predicted octanol–water partition coefficient (Wildman–Crippen LogP) is 22.0. The molecule has 0 saturated carbocycles. The zero-order valence-electron chi connectivity index (χ0n) is 49.6. The van der Waals surface area contributed by atoms with E-state index in [9.17, 15) is 14.4 Å². The zero-order valence-corrected chi connectivity index (χ0v) is 49.6. The van der Waals surface area contributed by atoms with Gasteiger partial charge >= 0.3 is 17.9 Å². The second-order valence-electron chi connectivity index (χ2n) is 23.5. The van der Waals surface area contributed by atoms with Crippen LogP contribution in [0.2, 0.25) is 0 Å². The van der Waals surface area contributed by atoms with Gasteiger partial charge in [0.1, 0.15) is 13.2 Å². The Morgan fingerprint density at radius 2 is 0.528 bits per heavy atom. The molecular weight excluding hydrogens is 889 g/mol. The number of carbonyl (C=O) groups is 3. The summed E-state index contributed by atoms with van der Waals surface area (Å²) in [4.78, 5) is 38.3. The van der Waals surface area contributed by atoms with Gasteiger partial charge in [0.2, 0.25) is 0 Å². The monoisotopic (exact) mass is 1020 g/mol. The van der Waals surface area contributed by atoms with Crippen LogP contribution in [0.4, 0.5) is 0 Å². The topological polar surface area (TPSA) is 78.9 Å². The normalized spacial score (nSPS) is 12.4. The highest BCUT2D eigenvalue weighted by atomic mass is 16.6. The van der Waals surface area contributed by atoms with Crippen molar-refractivity contribution in [3.8, 4) is 0 Å². The fraction of sp³-hybridized carbons (Fsp3) is 0.955. The quantitative estimate of drug-likeness (QED) is 0.0343. The van der Waals surface area contributed by atoms with Gasteiger partial charge in [-0.2, -0.15) is 0 Å². The molecule has 0 heterocycles. The third-order valence-electron chi connectivity index (χ3n) is 15.6. The minimum atomic E-state index is -0.764. The number of ether oxygens (including phenoxy) is 3. The lowest BCUT2D eigenvalue weighted by molar-refractivity contribution is -0.167.